The van der Waals surface area contributed by atoms with Crippen LogP contribution in [0.25, 0.3) is 6.08 Å². The molecule has 1 saturated heterocycles. The molecule has 8 heteroatoms. The highest BCUT2D eigenvalue weighted by molar-refractivity contribution is 9.13. The Morgan fingerprint density at radius 2 is 1.72 bits per heavy atom. The number of hydrogen-bond acceptors (Lipinski definition) is 4. The normalized spacial score (nSPS) is 15.7. The van der Waals surface area contributed by atoms with Gasteiger partial charge in [-0.05, 0) is 82.5 Å². The Hall–Kier alpha value is -2.32. The number of carbonyl (C=O) groups is 2. The van der Waals surface area contributed by atoms with Gasteiger partial charge in [-0.3, -0.25) is 15.0 Å². The highest BCUT2D eigenvalue weighted by Crippen LogP contribution is 2.44. The minimum Gasteiger partial charge on any atom is -0.493 e. The third-order valence-corrected chi connectivity index (χ3v) is 6.13. The fourth-order valence-corrected chi connectivity index (χ4v) is 3.65. The van der Waals surface area contributed by atoms with Crippen LogP contribution >= 0.6 is 31.9 Å². The number of hydrogen-bond donors (Lipinski definition) is 1. The molecule has 0 aromatic heterocycles. The van der Waals surface area contributed by atoms with Crippen LogP contribution in [0.15, 0.2) is 50.9 Å². The fourth-order valence-electron chi connectivity index (χ4n) is 2.73. The molecule has 6 nitrogen and oxygen atoms in total. The zero-order valence-corrected chi connectivity index (χ0v) is 19.5. The van der Waals surface area contributed by atoms with Gasteiger partial charge in [-0.25, -0.2) is 5.01 Å². The standard InChI is InChI=1S/C21H20Br2N2O4/c1-21(2,3)29-18-15(28-4)11-12(16(22)17(18)23)10-14-19(26)24-25(20(14)27)13-8-6-5-7-9-13/h5-11H,1-4H3,(H,24,26)/b14-10-. The Kier molecular flexibility index (Phi) is 6.05. The molecule has 3 rings (SSSR count). The molecule has 1 N–H and O–H groups in total. The van der Waals surface area contributed by atoms with Crippen molar-refractivity contribution in [2.24, 2.45) is 0 Å². The first-order valence-electron chi connectivity index (χ1n) is 8.79. The van der Waals surface area contributed by atoms with Crippen LogP contribution in [0.4, 0.5) is 5.69 Å². The van der Waals surface area contributed by atoms with E-state index < -0.39 is 17.4 Å². The van der Waals surface area contributed by atoms with E-state index in [0.717, 1.165) is 0 Å². The molecule has 2 aromatic carbocycles. The summed E-state index contributed by atoms with van der Waals surface area (Å²) in [5.74, 6) is 0.101. The number of para-hydroxylation sites is 1. The Bertz CT molecular complexity index is 998. The van der Waals surface area contributed by atoms with Crippen molar-refractivity contribution in [1.82, 2.24) is 5.43 Å². The first kappa shape index (κ1) is 21.4. The molecule has 0 unspecified atom stereocenters. The maximum atomic E-state index is 12.8. The van der Waals surface area contributed by atoms with Gasteiger partial charge < -0.3 is 9.47 Å². The number of hydrazine groups is 1. The van der Waals surface area contributed by atoms with Crippen LogP contribution in [-0.4, -0.2) is 24.5 Å². The lowest BCUT2D eigenvalue weighted by Gasteiger charge is -2.24. The number of nitrogens with zero attached hydrogens (tertiary/aromatic N) is 1. The molecule has 0 aliphatic carbocycles. The Balaban J connectivity index is 2.03. The molecule has 0 spiro atoms. The maximum Gasteiger partial charge on any atom is 0.282 e. The van der Waals surface area contributed by atoms with Crippen molar-refractivity contribution >= 4 is 55.4 Å². The van der Waals surface area contributed by atoms with Crippen LogP contribution in [0.3, 0.4) is 0 Å². The van der Waals surface area contributed by atoms with Crippen molar-refractivity contribution in [2.75, 3.05) is 12.1 Å². The molecule has 1 aliphatic rings. The first-order valence-corrected chi connectivity index (χ1v) is 10.4. The molecule has 1 aliphatic heterocycles. The lowest BCUT2D eigenvalue weighted by molar-refractivity contribution is -0.117. The third-order valence-electron chi connectivity index (χ3n) is 3.99. The average molecular weight is 524 g/mol. The summed E-state index contributed by atoms with van der Waals surface area (Å²) >= 11 is 7.05. The lowest BCUT2D eigenvalue weighted by atomic mass is 10.1. The zero-order chi connectivity index (χ0) is 21.3. The maximum absolute atomic E-state index is 12.8. The van der Waals surface area contributed by atoms with Crippen molar-refractivity contribution in [3.05, 3.63) is 56.5 Å². The van der Waals surface area contributed by atoms with Gasteiger partial charge in [0, 0.05) is 4.47 Å². The molecular formula is C21H20Br2N2O4. The predicted octanol–water partition coefficient (Wildman–Crippen LogP) is 4.86. The number of ether oxygens (including phenoxy) is 2. The van der Waals surface area contributed by atoms with E-state index in [4.69, 9.17) is 9.47 Å². The highest BCUT2D eigenvalue weighted by atomic mass is 79.9. The van der Waals surface area contributed by atoms with Gasteiger partial charge in [0.1, 0.15) is 11.2 Å². The molecule has 29 heavy (non-hydrogen) atoms. The van der Waals surface area contributed by atoms with Crippen molar-refractivity contribution in [3.63, 3.8) is 0 Å². The number of benzene rings is 2. The van der Waals surface area contributed by atoms with Gasteiger partial charge in [-0.1, -0.05) is 18.2 Å². The number of halogens is 2. The van der Waals surface area contributed by atoms with E-state index >= 15 is 0 Å². The second-order valence-corrected chi connectivity index (χ2v) is 8.90. The molecule has 0 saturated carbocycles. The van der Waals surface area contributed by atoms with Gasteiger partial charge >= 0.3 is 0 Å². The molecular weight excluding hydrogens is 504 g/mol. The van der Waals surface area contributed by atoms with Crippen LogP contribution in [0.2, 0.25) is 0 Å². The number of rotatable bonds is 4. The largest absolute Gasteiger partial charge is 0.493 e. The minimum atomic E-state index is -0.476. The molecule has 1 heterocycles. The summed E-state index contributed by atoms with van der Waals surface area (Å²) in [5.41, 5.74) is 3.36. The monoisotopic (exact) mass is 522 g/mol. The van der Waals surface area contributed by atoms with E-state index in [1.165, 1.54) is 18.2 Å². The summed E-state index contributed by atoms with van der Waals surface area (Å²) in [7, 11) is 1.53. The molecule has 0 bridgehead atoms. The molecule has 1 fully saturated rings. The van der Waals surface area contributed by atoms with Crippen LogP contribution in [0.1, 0.15) is 26.3 Å². The molecule has 0 radical (unpaired) electrons. The van der Waals surface area contributed by atoms with E-state index in [1.54, 1.807) is 30.3 Å². The van der Waals surface area contributed by atoms with Gasteiger partial charge in [0.25, 0.3) is 11.8 Å². The quantitative estimate of drug-likeness (QED) is 0.459. The van der Waals surface area contributed by atoms with Crippen LogP contribution in [0, 0.1) is 0 Å². The number of nitrogens with one attached hydrogen (secondary N) is 1. The van der Waals surface area contributed by atoms with Gasteiger partial charge in [0.15, 0.2) is 11.5 Å². The van der Waals surface area contributed by atoms with Gasteiger partial charge in [-0.2, -0.15) is 0 Å². The first-order chi connectivity index (χ1) is 13.6. The fraction of sp³-hybridized carbons (Fsp3) is 0.238. The SMILES string of the molecule is COc1cc(/C=C2/C(=O)NN(c3ccccc3)C2=O)c(Br)c(Br)c1OC(C)(C)C. The van der Waals surface area contributed by atoms with Crippen molar-refractivity contribution < 1.29 is 19.1 Å². The Morgan fingerprint density at radius 1 is 1.07 bits per heavy atom. The minimum absolute atomic E-state index is 0.0213. The van der Waals surface area contributed by atoms with E-state index in [1.807, 2.05) is 26.8 Å². The van der Waals surface area contributed by atoms with Crippen molar-refractivity contribution in [1.29, 1.82) is 0 Å². The van der Waals surface area contributed by atoms with Crippen molar-refractivity contribution in [2.45, 2.75) is 26.4 Å². The topological polar surface area (TPSA) is 67.9 Å². The van der Waals surface area contributed by atoms with E-state index in [2.05, 4.69) is 37.3 Å². The Labute approximate surface area is 186 Å². The summed E-state index contributed by atoms with van der Waals surface area (Å²) in [6.07, 6.45) is 1.53. The van der Waals surface area contributed by atoms with Crippen LogP contribution < -0.4 is 19.9 Å². The molecule has 2 aromatic rings. The summed E-state index contributed by atoms with van der Waals surface area (Å²) in [4.78, 5) is 25.3. The molecule has 0 atom stereocenters. The number of methoxy groups -OCH3 is 1. The van der Waals surface area contributed by atoms with Gasteiger partial charge in [0.2, 0.25) is 0 Å². The number of amides is 2. The summed E-state index contributed by atoms with van der Waals surface area (Å²) in [6, 6.07) is 10.6. The smallest absolute Gasteiger partial charge is 0.282 e. The van der Waals surface area contributed by atoms with E-state index in [-0.39, 0.29) is 5.57 Å². The highest BCUT2D eigenvalue weighted by Gasteiger charge is 2.35. The number of carbonyl (C=O) groups excluding carboxylic acids is 2. The summed E-state index contributed by atoms with van der Waals surface area (Å²) in [6.45, 7) is 5.80. The lowest BCUT2D eigenvalue weighted by Crippen LogP contribution is -2.35. The molecule has 2 amide bonds. The summed E-state index contributed by atoms with van der Waals surface area (Å²) in [5, 5.41) is 1.23. The van der Waals surface area contributed by atoms with Gasteiger partial charge in [-0.15, -0.1) is 0 Å². The van der Waals surface area contributed by atoms with Crippen LogP contribution in [0.5, 0.6) is 11.5 Å². The third kappa shape index (κ3) is 4.48. The molecule has 152 valence electrons. The Morgan fingerprint density at radius 3 is 2.31 bits per heavy atom. The van der Waals surface area contributed by atoms with E-state index in [9.17, 15) is 9.59 Å². The van der Waals surface area contributed by atoms with E-state index in [0.29, 0.717) is 31.7 Å². The average Bonchev–Trinajstić information content (AvgIpc) is 2.95. The second-order valence-electron chi connectivity index (χ2n) is 7.31. The number of anilines is 1. The van der Waals surface area contributed by atoms with Crippen LogP contribution in [-0.2, 0) is 9.59 Å². The second kappa shape index (κ2) is 8.20. The van der Waals surface area contributed by atoms with Crippen molar-refractivity contribution in [3.8, 4) is 11.5 Å². The summed E-state index contributed by atoms with van der Waals surface area (Å²) < 4.78 is 12.7. The predicted molar refractivity (Wildman–Crippen MR) is 119 cm³/mol. The zero-order valence-electron chi connectivity index (χ0n) is 16.4. The van der Waals surface area contributed by atoms with Gasteiger partial charge in [0.05, 0.1) is 17.3 Å².